The Hall–Kier alpha value is -1.95. The fraction of sp³-hybridized carbons (Fsp3) is 0.286. The number of benzene rings is 1. The van der Waals surface area contributed by atoms with Gasteiger partial charge in [0.2, 0.25) is 0 Å². The highest BCUT2D eigenvalue weighted by Gasteiger charge is 2.21. The van der Waals surface area contributed by atoms with Gasteiger partial charge in [-0.3, -0.25) is 0 Å². The second-order valence-electron chi connectivity index (χ2n) is 4.90. The Bertz CT molecular complexity index is 754. The lowest BCUT2D eigenvalue weighted by atomic mass is 9.91. The molecule has 0 aliphatic heterocycles. The van der Waals surface area contributed by atoms with Gasteiger partial charge in [0.15, 0.2) is 5.65 Å². The number of aryl methyl sites for hydroxylation is 1. The topological polar surface area (TPSA) is 56.0 Å². The normalized spacial score (nSPS) is 18.1. The molecule has 0 bridgehead atoms. The maximum Gasteiger partial charge on any atom is 0.200 e. The highest BCUT2D eigenvalue weighted by Crippen LogP contribution is 2.42. The fourth-order valence-corrected chi connectivity index (χ4v) is 3.88. The molecular weight excluding hydrogens is 270 g/mol. The summed E-state index contributed by atoms with van der Waals surface area (Å²) >= 11 is 1.80. The van der Waals surface area contributed by atoms with Crippen LogP contribution in [0, 0.1) is 0 Å². The van der Waals surface area contributed by atoms with Crippen molar-refractivity contribution in [1.82, 2.24) is 25.3 Å². The molecule has 2 aromatic heterocycles. The van der Waals surface area contributed by atoms with Crippen LogP contribution in [0.25, 0.3) is 5.65 Å². The molecule has 0 spiro atoms. The van der Waals surface area contributed by atoms with Gasteiger partial charge in [-0.25, -0.2) is 0 Å². The van der Waals surface area contributed by atoms with Crippen LogP contribution in [0.4, 0.5) is 0 Å². The van der Waals surface area contributed by atoms with Crippen LogP contribution in [-0.4, -0.2) is 25.3 Å². The summed E-state index contributed by atoms with van der Waals surface area (Å²) in [7, 11) is 0. The van der Waals surface area contributed by atoms with E-state index in [0.29, 0.717) is 10.9 Å². The summed E-state index contributed by atoms with van der Waals surface area (Å²) < 4.78 is 1.48. The number of rotatable bonds is 2. The van der Waals surface area contributed by atoms with Crippen LogP contribution in [0.3, 0.4) is 0 Å². The molecule has 2 heterocycles. The number of hydrogen-bond acceptors (Lipinski definition) is 5. The van der Waals surface area contributed by atoms with Crippen LogP contribution in [0.5, 0.6) is 0 Å². The molecule has 1 aliphatic carbocycles. The number of tetrazole rings is 1. The van der Waals surface area contributed by atoms with Gasteiger partial charge in [0.05, 0.1) is 0 Å². The molecule has 3 aromatic rings. The molecule has 0 unspecified atom stereocenters. The van der Waals surface area contributed by atoms with Gasteiger partial charge in [0.1, 0.15) is 5.03 Å². The van der Waals surface area contributed by atoms with Crippen molar-refractivity contribution in [3.63, 3.8) is 0 Å². The lowest BCUT2D eigenvalue weighted by molar-refractivity contribution is 0.667. The molecule has 0 saturated heterocycles. The number of thioether (sulfide) groups is 1. The van der Waals surface area contributed by atoms with Crippen molar-refractivity contribution in [2.24, 2.45) is 0 Å². The third kappa shape index (κ3) is 2.06. The first-order chi connectivity index (χ1) is 9.90. The molecule has 6 heteroatoms. The van der Waals surface area contributed by atoms with Crippen LogP contribution in [0.1, 0.15) is 29.2 Å². The number of fused-ring (bicyclic) bond motifs is 2. The maximum absolute atomic E-state index is 4.45. The second-order valence-corrected chi connectivity index (χ2v) is 6.12. The Balaban J connectivity index is 1.66. The largest absolute Gasteiger partial charge is 0.200 e. The number of aromatic nitrogens is 5. The van der Waals surface area contributed by atoms with Gasteiger partial charge >= 0.3 is 0 Å². The highest BCUT2D eigenvalue weighted by molar-refractivity contribution is 7.99. The van der Waals surface area contributed by atoms with Crippen molar-refractivity contribution >= 4 is 17.4 Å². The molecular formula is C14H13N5S. The van der Waals surface area contributed by atoms with Crippen molar-refractivity contribution in [1.29, 1.82) is 0 Å². The monoisotopic (exact) mass is 283 g/mol. The number of nitrogens with zero attached hydrogens (tertiary/aromatic N) is 5. The fourth-order valence-electron chi connectivity index (χ4n) is 2.67. The Morgan fingerprint density at radius 2 is 2.10 bits per heavy atom. The molecule has 1 aliphatic rings. The standard InChI is InChI=1S/C14H13N5S/c1-2-6-11-10(4-1)5-3-7-12(11)20-14-9-8-13-15-17-18-19(13)16-14/h1-2,4,6,8-9,12H,3,5,7H2/t12-/m0/s1. The predicted molar refractivity (Wildman–Crippen MR) is 76.6 cm³/mol. The van der Waals surface area contributed by atoms with Crippen LogP contribution in [0.15, 0.2) is 41.4 Å². The number of hydrogen-bond donors (Lipinski definition) is 0. The molecule has 1 atom stereocenters. The Morgan fingerprint density at radius 3 is 3.10 bits per heavy atom. The van der Waals surface area contributed by atoms with E-state index in [2.05, 4.69) is 44.9 Å². The molecule has 0 saturated carbocycles. The van der Waals surface area contributed by atoms with E-state index in [1.165, 1.54) is 35.0 Å². The minimum Gasteiger partial charge on any atom is -0.140 e. The zero-order chi connectivity index (χ0) is 13.4. The smallest absolute Gasteiger partial charge is 0.140 e. The van der Waals surface area contributed by atoms with Crippen molar-refractivity contribution < 1.29 is 0 Å². The quantitative estimate of drug-likeness (QED) is 0.723. The Labute approximate surface area is 120 Å². The minimum absolute atomic E-state index is 0.474. The summed E-state index contributed by atoms with van der Waals surface area (Å²) in [4.78, 5) is 0. The molecule has 1 aromatic carbocycles. The molecule has 5 nitrogen and oxygen atoms in total. The van der Waals surface area contributed by atoms with E-state index in [-0.39, 0.29) is 0 Å². The van der Waals surface area contributed by atoms with Crippen LogP contribution in [0.2, 0.25) is 0 Å². The summed E-state index contributed by atoms with van der Waals surface area (Å²) in [6, 6.07) is 12.6. The predicted octanol–water partition coefficient (Wildman–Crippen LogP) is 2.69. The SMILES string of the molecule is c1ccc2c(c1)CCC[C@@H]2Sc1ccc2nnnn2n1. The van der Waals surface area contributed by atoms with E-state index in [1.54, 1.807) is 11.8 Å². The second kappa shape index (κ2) is 4.86. The highest BCUT2D eigenvalue weighted by atomic mass is 32.2. The summed E-state index contributed by atoms with van der Waals surface area (Å²) in [5, 5.41) is 17.2. The van der Waals surface area contributed by atoms with E-state index in [1.807, 2.05) is 12.1 Å². The Morgan fingerprint density at radius 1 is 1.15 bits per heavy atom. The van der Waals surface area contributed by atoms with Gasteiger partial charge in [0, 0.05) is 5.25 Å². The summed E-state index contributed by atoms with van der Waals surface area (Å²) in [5.41, 5.74) is 3.60. The van der Waals surface area contributed by atoms with Crippen LogP contribution >= 0.6 is 11.8 Å². The lowest BCUT2D eigenvalue weighted by Gasteiger charge is -2.24. The molecule has 100 valence electrons. The van der Waals surface area contributed by atoms with E-state index in [0.717, 1.165) is 5.03 Å². The third-order valence-electron chi connectivity index (χ3n) is 3.62. The van der Waals surface area contributed by atoms with Gasteiger partial charge in [-0.1, -0.05) is 36.0 Å². The van der Waals surface area contributed by atoms with E-state index in [4.69, 9.17) is 0 Å². The molecule has 20 heavy (non-hydrogen) atoms. The van der Waals surface area contributed by atoms with Gasteiger partial charge < -0.3 is 0 Å². The first kappa shape index (κ1) is 11.8. The first-order valence-corrected chi connectivity index (χ1v) is 7.58. The van der Waals surface area contributed by atoms with E-state index < -0.39 is 0 Å². The Kier molecular flexibility index (Phi) is 2.88. The van der Waals surface area contributed by atoms with Gasteiger partial charge in [0.25, 0.3) is 0 Å². The zero-order valence-electron chi connectivity index (χ0n) is 10.8. The van der Waals surface area contributed by atoms with E-state index in [9.17, 15) is 0 Å². The van der Waals surface area contributed by atoms with Crippen molar-refractivity contribution in [2.45, 2.75) is 29.5 Å². The van der Waals surface area contributed by atoms with Crippen molar-refractivity contribution in [3.05, 3.63) is 47.5 Å². The van der Waals surface area contributed by atoms with Gasteiger partial charge in [-0.2, -0.15) is 0 Å². The molecule has 0 N–H and O–H groups in total. The average molecular weight is 283 g/mol. The molecule has 0 radical (unpaired) electrons. The van der Waals surface area contributed by atoms with E-state index >= 15 is 0 Å². The van der Waals surface area contributed by atoms with Crippen molar-refractivity contribution in [3.8, 4) is 0 Å². The molecule has 0 fully saturated rings. The average Bonchev–Trinajstić information content (AvgIpc) is 2.95. The zero-order valence-corrected chi connectivity index (χ0v) is 11.6. The van der Waals surface area contributed by atoms with Gasteiger partial charge in [-0.15, -0.1) is 14.8 Å². The first-order valence-electron chi connectivity index (χ1n) is 6.70. The van der Waals surface area contributed by atoms with Gasteiger partial charge in [-0.05, 0) is 52.9 Å². The summed E-state index contributed by atoms with van der Waals surface area (Å²) in [5.74, 6) is 0. The summed E-state index contributed by atoms with van der Waals surface area (Å²) in [6.45, 7) is 0. The summed E-state index contributed by atoms with van der Waals surface area (Å²) in [6.07, 6.45) is 3.62. The lowest BCUT2D eigenvalue weighted by Crippen LogP contribution is -2.07. The maximum atomic E-state index is 4.45. The molecule has 0 amide bonds. The molecule has 4 rings (SSSR count). The van der Waals surface area contributed by atoms with Crippen molar-refractivity contribution in [2.75, 3.05) is 0 Å². The third-order valence-corrected chi connectivity index (χ3v) is 4.86. The van der Waals surface area contributed by atoms with Crippen LogP contribution in [-0.2, 0) is 6.42 Å². The minimum atomic E-state index is 0.474. The van der Waals surface area contributed by atoms with Crippen LogP contribution < -0.4 is 0 Å².